The van der Waals surface area contributed by atoms with Crippen LogP contribution in [0.2, 0.25) is 0 Å². The van der Waals surface area contributed by atoms with Crippen molar-refractivity contribution in [3.8, 4) is 0 Å². The standard InChI is InChI=1S/C16H16FNO2/c17-14-8-6-13(7-9-14)16(11-18,15(19)20)10-12-4-2-1-3-5-12/h1-9H,10-11,18H2,(H,19,20). The zero-order valence-electron chi connectivity index (χ0n) is 10.9. The van der Waals surface area contributed by atoms with Crippen molar-refractivity contribution in [2.45, 2.75) is 11.8 Å². The van der Waals surface area contributed by atoms with Crippen LogP contribution >= 0.6 is 0 Å². The molecule has 0 heterocycles. The van der Waals surface area contributed by atoms with Crippen molar-refractivity contribution in [2.24, 2.45) is 5.73 Å². The molecule has 0 amide bonds. The predicted molar refractivity (Wildman–Crippen MR) is 74.9 cm³/mol. The van der Waals surface area contributed by atoms with Crippen LogP contribution in [0.4, 0.5) is 4.39 Å². The van der Waals surface area contributed by atoms with E-state index < -0.39 is 17.2 Å². The highest BCUT2D eigenvalue weighted by Gasteiger charge is 2.39. The fourth-order valence-electron chi connectivity index (χ4n) is 2.29. The Morgan fingerprint density at radius 3 is 2.20 bits per heavy atom. The minimum absolute atomic E-state index is 0.0527. The number of hydrogen-bond donors (Lipinski definition) is 2. The molecule has 0 bridgehead atoms. The van der Waals surface area contributed by atoms with Crippen molar-refractivity contribution in [3.63, 3.8) is 0 Å². The first kappa shape index (κ1) is 14.2. The van der Waals surface area contributed by atoms with Gasteiger partial charge in [-0.3, -0.25) is 4.79 Å². The first-order valence-corrected chi connectivity index (χ1v) is 6.32. The maximum absolute atomic E-state index is 13.0. The van der Waals surface area contributed by atoms with Crippen LogP contribution in [0, 0.1) is 5.82 Å². The number of carboxylic acid groups (broad SMARTS) is 1. The van der Waals surface area contributed by atoms with Crippen LogP contribution in [0.25, 0.3) is 0 Å². The van der Waals surface area contributed by atoms with E-state index in [1.165, 1.54) is 24.3 Å². The number of aliphatic carboxylic acids is 1. The van der Waals surface area contributed by atoms with Gasteiger partial charge in [-0.25, -0.2) is 4.39 Å². The van der Waals surface area contributed by atoms with E-state index in [4.69, 9.17) is 5.73 Å². The Kier molecular flexibility index (Phi) is 4.15. The second-order valence-electron chi connectivity index (χ2n) is 4.76. The van der Waals surface area contributed by atoms with E-state index in [0.717, 1.165) is 5.56 Å². The lowest BCUT2D eigenvalue weighted by Crippen LogP contribution is -2.45. The summed E-state index contributed by atoms with van der Waals surface area (Å²) in [5.41, 5.74) is 5.90. The summed E-state index contributed by atoms with van der Waals surface area (Å²) in [4.78, 5) is 11.8. The second kappa shape index (κ2) is 5.84. The van der Waals surface area contributed by atoms with E-state index in [1.807, 2.05) is 30.3 Å². The molecule has 0 saturated carbocycles. The third-order valence-electron chi connectivity index (χ3n) is 3.50. The number of nitrogens with two attached hydrogens (primary N) is 1. The Hall–Kier alpha value is -2.20. The molecule has 0 aromatic heterocycles. The molecule has 2 aromatic carbocycles. The maximum atomic E-state index is 13.0. The van der Waals surface area contributed by atoms with Gasteiger partial charge in [0.15, 0.2) is 0 Å². The van der Waals surface area contributed by atoms with Gasteiger partial charge >= 0.3 is 5.97 Å². The highest BCUT2D eigenvalue weighted by molar-refractivity contribution is 5.82. The first-order valence-electron chi connectivity index (χ1n) is 6.32. The van der Waals surface area contributed by atoms with Crippen LogP contribution in [0.15, 0.2) is 54.6 Å². The van der Waals surface area contributed by atoms with E-state index in [9.17, 15) is 14.3 Å². The predicted octanol–water partition coefficient (Wildman–Crippen LogP) is 2.35. The van der Waals surface area contributed by atoms with E-state index >= 15 is 0 Å². The van der Waals surface area contributed by atoms with Gasteiger partial charge in [-0.05, 0) is 29.7 Å². The highest BCUT2D eigenvalue weighted by atomic mass is 19.1. The van der Waals surface area contributed by atoms with Crippen molar-refractivity contribution in [1.82, 2.24) is 0 Å². The Labute approximate surface area is 116 Å². The summed E-state index contributed by atoms with van der Waals surface area (Å²) in [6, 6.07) is 14.8. The summed E-state index contributed by atoms with van der Waals surface area (Å²) in [7, 11) is 0. The number of rotatable bonds is 5. The van der Waals surface area contributed by atoms with Crippen molar-refractivity contribution >= 4 is 5.97 Å². The van der Waals surface area contributed by atoms with E-state index in [2.05, 4.69) is 0 Å². The second-order valence-corrected chi connectivity index (χ2v) is 4.76. The number of halogens is 1. The average molecular weight is 273 g/mol. The normalized spacial score (nSPS) is 13.7. The molecule has 0 saturated heterocycles. The van der Waals surface area contributed by atoms with Crippen molar-refractivity contribution < 1.29 is 14.3 Å². The van der Waals surface area contributed by atoms with Gasteiger partial charge in [0.1, 0.15) is 11.2 Å². The molecule has 104 valence electrons. The Bertz CT molecular complexity index is 583. The molecule has 3 N–H and O–H groups in total. The number of benzene rings is 2. The van der Waals surface area contributed by atoms with Crippen LogP contribution in [0.3, 0.4) is 0 Å². The van der Waals surface area contributed by atoms with E-state index in [-0.39, 0.29) is 13.0 Å². The monoisotopic (exact) mass is 273 g/mol. The van der Waals surface area contributed by atoms with Gasteiger partial charge in [0.2, 0.25) is 0 Å². The molecule has 0 fully saturated rings. The molecule has 0 radical (unpaired) electrons. The molecule has 0 aliphatic rings. The van der Waals surface area contributed by atoms with Gasteiger partial charge in [-0.15, -0.1) is 0 Å². The molecular weight excluding hydrogens is 257 g/mol. The molecule has 4 heteroatoms. The third kappa shape index (κ3) is 2.70. The fraction of sp³-hybridized carbons (Fsp3) is 0.188. The van der Waals surface area contributed by atoms with Gasteiger partial charge < -0.3 is 10.8 Å². The molecule has 20 heavy (non-hydrogen) atoms. The van der Waals surface area contributed by atoms with Gasteiger partial charge in [-0.1, -0.05) is 42.5 Å². The molecule has 3 nitrogen and oxygen atoms in total. The smallest absolute Gasteiger partial charge is 0.315 e. The van der Waals surface area contributed by atoms with E-state index in [1.54, 1.807) is 0 Å². The zero-order chi connectivity index (χ0) is 14.6. The Balaban J connectivity index is 2.45. The summed E-state index contributed by atoms with van der Waals surface area (Å²) in [5, 5.41) is 9.63. The lowest BCUT2D eigenvalue weighted by atomic mass is 9.75. The largest absolute Gasteiger partial charge is 0.481 e. The molecule has 1 unspecified atom stereocenters. The molecule has 0 aliphatic carbocycles. The van der Waals surface area contributed by atoms with Gasteiger partial charge in [0.05, 0.1) is 0 Å². The van der Waals surface area contributed by atoms with Crippen molar-refractivity contribution in [2.75, 3.05) is 6.54 Å². The molecule has 0 spiro atoms. The van der Waals surface area contributed by atoms with Crippen LogP contribution in [-0.2, 0) is 16.6 Å². The lowest BCUT2D eigenvalue weighted by molar-refractivity contribution is -0.143. The average Bonchev–Trinajstić information content (AvgIpc) is 2.46. The molecular formula is C16H16FNO2. The number of carboxylic acids is 1. The van der Waals surface area contributed by atoms with Gasteiger partial charge in [0, 0.05) is 6.54 Å². The lowest BCUT2D eigenvalue weighted by Gasteiger charge is -2.28. The minimum Gasteiger partial charge on any atom is -0.481 e. The molecule has 1 atom stereocenters. The van der Waals surface area contributed by atoms with Crippen LogP contribution in [-0.4, -0.2) is 17.6 Å². The fourth-order valence-corrected chi connectivity index (χ4v) is 2.29. The topological polar surface area (TPSA) is 63.3 Å². The summed E-state index contributed by atoms with van der Waals surface area (Å²) in [5.74, 6) is -1.40. The SMILES string of the molecule is NCC(Cc1ccccc1)(C(=O)O)c1ccc(F)cc1. The Morgan fingerprint density at radius 2 is 1.70 bits per heavy atom. The first-order chi connectivity index (χ1) is 9.58. The van der Waals surface area contributed by atoms with Crippen LogP contribution < -0.4 is 5.73 Å². The highest BCUT2D eigenvalue weighted by Crippen LogP contribution is 2.28. The maximum Gasteiger partial charge on any atom is 0.315 e. The minimum atomic E-state index is -1.24. The number of hydrogen-bond acceptors (Lipinski definition) is 2. The van der Waals surface area contributed by atoms with E-state index in [0.29, 0.717) is 5.56 Å². The Morgan fingerprint density at radius 1 is 1.10 bits per heavy atom. The van der Waals surface area contributed by atoms with Crippen LogP contribution in [0.5, 0.6) is 0 Å². The molecule has 2 aromatic rings. The summed E-state index contributed by atoms with van der Waals surface area (Å²) >= 11 is 0. The number of carbonyl (C=O) groups is 1. The van der Waals surface area contributed by atoms with Crippen LogP contribution in [0.1, 0.15) is 11.1 Å². The van der Waals surface area contributed by atoms with Gasteiger partial charge in [0.25, 0.3) is 0 Å². The molecule has 0 aliphatic heterocycles. The summed E-state index contributed by atoms with van der Waals surface area (Å²) < 4.78 is 13.0. The summed E-state index contributed by atoms with van der Waals surface area (Å²) in [6.07, 6.45) is 0.269. The van der Waals surface area contributed by atoms with Crippen molar-refractivity contribution in [1.29, 1.82) is 0 Å². The third-order valence-corrected chi connectivity index (χ3v) is 3.50. The van der Waals surface area contributed by atoms with Crippen molar-refractivity contribution in [3.05, 3.63) is 71.5 Å². The van der Waals surface area contributed by atoms with Gasteiger partial charge in [-0.2, -0.15) is 0 Å². The quantitative estimate of drug-likeness (QED) is 0.879. The zero-order valence-corrected chi connectivity index (χ0v) is 10.9. The summed E-state index contributed by atoms with van der Waals surface area (Å²) in [6.45, 7) is -0.0527. The molecule has 2 rings (SSSR count).